The van der Waals surface area contributed by atoms with Crippen molar-refractivity contribution < 1.29 is 33.5 Å². The second-order valence-electron chi connectivity index (χ2n) is 15.0. The molecule has 2 aliphatic heterocycles. The van der Waals surface area contributed by atoms with E-state index >= 15 is 0 Å². The van der Waals surface area contributed by atoms with Crippen LogP contribution in [-0.2, 0) is 34.2 Å². The molecular weight excluding hydrogens is 849 g/mol. The molecule has 15 heteroatoms. The third-order valence-corrected chi connectivity index (χ3v) is 12.8. The summed E-state index contributed by atoms with van der Waals surface area (Å²) in [7, 11) is 4.42. The third-order valence-electron chi connectivity index (χ3n) is 10.8. The first-order valence-corrected chi connectivity index (χ1v) is 22.3. The molecule has 0 unspecified atom stereocenters. The number of benzene rings is 5. The molecule has 5 aromatic carbocycles. The van der Waals surface area contributed by atoms with Gasteiger partial charge in [-0.1, -0.05) is 157 Å². The Balaban J connectivity index is 1.06. The molecule has 2 atom stereocenters. The van der Waals surface area contributed by atoms with Gasteiger partial charge in [-0.15, -0.1) is 23.1 Å². The minimum atomic E-state index is -1.05. The highest BCUT2D eigenvalue weighted by Crippen LogP contribution is 2.43. The molecule has 13 nitrogen and oxygen atoms in total. The van der Waals surface area contributed by atoms with E-state index in [0.717, 1.165) is 27.8 Å². The van der Waals surface area contributed by atoms with Gasteiger partial charge in [0.1, 0.15) is 42.1 Å². The molecule has 0 saturated carbocycles. The number of hydrogen-bond donors (Lipinski definition) is 2. The van der Waals surface area contributed by atoms with Crippen LogP contribution in [0.25, 0.3) is 0 Å². The maximum atomic E-state index is 14.4. The Kier molecular flexibility index (Phi) is 13.2. The molecular formula is C49H44N6O7S2. The molecule has 324 valence electrons. The molecule has 64 heavy (non-hydrogen) atoms. The van der Waals surface area contributed by atoms with Crippen LogP contribution < -0.4 is 10.6 Å². The zero-order chi connectivity index (χ0) is 44.6. The van der Waals surface area contributed by atoms with E-state index in [2.05, 4.69) is 52.2 Å². The predicted molar refractivity (Wildman–Crippen MR) is 246 cm³/mol. The number of fused-ring (bicyclic) bond motifs is 1. The Morgan fingerprint density at radius 2 is 1.33 bits per heavy atom. The zero-order valence-corrected chi connectivity index (χ0v) is 36.8. The monoisotopic (exact) mass is 892 g/mol. The van der Waals surface area contributed by atoms with Crippen LogP contribution in [0.5, 0.6) is 0 Å². The van der Waals surface area contributed by atoms with E-state index in [-0.39, 0.29) is 29.5 Å². The fourth-order valence-electron chi connectivity index (χ4n) is 7.69. The molecule has 6 aromatic rings. The number of carbonyl (C=O) groups excluding carboxylic acids is 4. The maximum absolute atomic E-state index is 14.4. The Morgan fingerprint density at radius 1 is 0.812 bits per heavy atom. The summed E-state index contributed by atoms with van der Waals surface area (Å²) in [5.41, 5.74) is 3.90. The lowest BCUT2D eigenvalue weighted by Crippen LogP contribution is -2.71. The quantitative estimate of drug-likeness (QED) is 0.0347. The Labute approximate surface area is 378 Å². The second kappa shape index (κ2) is 19.4. The number of oxime groups is 1. The molecule has 3 heterocycles. The van der Waals surface area contributed by atoms with Gasteiger partial charge >= 0.3 is 12.1 Å². The number of thiazole rings is 1. The summed E-state index contributed by atoms with van der Waals surface area (Å²) >= 11 is 2.61. The third kappa shape index (κ3) is 8.85. The van der Waals surface area contributed by atoms with Crippen molar-refractivity contribution in [1.29, 1.82) is 0 Å². The first-order chi connectivity index (χ1) is 31.2. The van der Waals surface area contributed by atoms with Crippen LogP contribution in [0.3, 0.4) is 0 Å². The van der Waals surface area contributed by atoms with Gasteiger partial charge in [-0.25, -0.2) is 14.6 Å². The van der Waals surface area contributed by atoms with E-state index in [1.807, 2.05) is 115 Å². The van der Waals surface area contributed by atoms with E-state index in [1.165, 1.54) is 40.0 Å². The summed E-state index contributed by atoms with van der Waals surface area (Å²) in [6, 6.07) is 47.6. The fourth-order valence-corrected chi connectivity index (χ4v) is 9.77. The summed E-state index contributed by atoms with van der Waals surface area (Å²) in [6.45, 7) is -0.256. The van der Waals surface area contributed by atoms with Crippen molar-refractivity contribution in [1.82, 2.24) is 20.1 Å². The Morgan fingerprint density at radius 3 is 1.83 bits per heavy atom. The number of nitrogens with one attached hydrogen (secondary N) is 2. The first-order valence-electron chi connectivity index (χ1n) is 20.3. The predicted octanol–water partition coefficient (Wildman–Crippen LogP) is 7.58. The minimum Gasteiger partial charge on any atom is -0.448 e. The smallest absolute Gasteiger partial charge is 0.409 e. The average Bonchev–Trinajstić information content (AvgIpc) is 3.81. The standard InChI is InChI=1S/C49H44N6O7S2/c1-54(2)48(59)61-29-34-30-63-45-40(44(57)55(45)41(34)46(58)62-42(32-19-9-4-10-20-32)33-21-11-5-12-22-33)51-43(56)39(53-60-3)38-31-64-47(50-38)52-49(35-23-13-6-14-24-35,36-25-15-7-16-26-36)37-27-17-8-18-28-37/h4-28,31,40,42,45H,29-30H2,1-3H3,(H,50,52)(H,51,56)/b53-39-/t40-,45-/m1/s1. The highest BCUT2D eigenvalue weighted by Gasteiger charge is 2.55. The molecule has 0 radical (unpaired) electrons. The number of nitrogens with zero attached hydrogens (tertiary/aromatic N) is 4. The van der Waals surface area contributed by atoms with Gasteiger partial charge in [-0.3, -0.25) is 14.5 Å². The maximum Gasteiger partial charge on any atom is 0.409 e. The van der Waals surface area contributed by atoms with Crippen molar-refractivity contribution in [2.24, 2.45) is 5.16 Å². The fraction of sp³-hybridized carbons (Fsp3) is 0.184. The highest BCUT2D eigenvalue weighted by molar-refractivity contribution is 8.00. The van der Waals surface area contributed by atoms with Gasteiger partial charge in [0.15, 0.2) is 16.9 Å². The van der Waals surface area contributed by atoms with Crippen LogP contribution in [0.15, 0.2) is 173 Å². The summed E-state index contributed by atoms with van der Waals surface area (Å²) < 4.78 is 11.7. The second-order valence-corrected chi connectivity index (χ2v) is 17.0. The van der Waals surface area contributed by atoms with Crippen molar-refractivity contribution in [3.63, 3.8) is 0 Å². The van der Waals surface area contributed by atoms with Gasteiger partial charge < -0.3 is 29.8 Å². The molecule has 1 saturated heterocycles. The Bertz CT molecular complexity index is 2530. The number of carbonyl (C=O) groups is 4. The van der Waals surface area contributed by atoms with Crippen molar-refractivity contribution in [2.45, 2.75) is 23.1 Å². The van der Waals surface area contributed by atoms with E-state index in [9.17, 15) is 19.2 Å². The van der Waals surface area contributed by atoms with Gasteiger partial charge in [-0.05, 0) is 27.8 Å². The van der Waals surface area contributed by atoms with Crippen molar-refractivity contribution in [2.75, 3.05) is 38.9 Å². The molecule has 0 bridgehead atoms. The van der Waals surface area contributed by atoms with E-state index < -0.39 is 46.9 Å². The number of ether oxygens (including phenoxy) is 2. The molecule has 1 aromatic heterocycles. The van der Waals surface area contributed by atoms with Crippen LogP contribution in [0, 0.1) is 0 Å². The lowest BCUT2D eigenvalue weighted by Gasteiger charge is -2.49. The number of thioether (sulfide) groups is 1. The minimum absolute atomic E-state index is 0.0394. The summed E-state index contributed by atoms with van der Waals surface area (Å²) in [4.78, 5) is 67.8. The summed E-state index contributed by atoms with van der Waals surface area (Å²) in [5.74, 6) is -1.83. The topological polar surface area (TPSA) is 152 Å². The van der Waals surface area contributed by atoms with Gasteiger partial charge in [0.2, 0.25) is 0 Å². The van der Waals surface area contributed by atoms with Crippen LogP contribution in [0.1, 0.15) is 39.6 Å². The van der Waals surface area contributed by atoms with Gasteiger partial charge in [-0.2, -0.15) is 0 Å². The molecule has 2 aliphatic rings. The number of anilines is 1. The number of β-lactam (4-membered cyclic amide) rings is 1. The van der Waals surface area contributed by atoms with Crippen molar-refractivity contribution in [3.05, 3.63) is 202 Å². The molecule has 8 rings (SSSR count). The lowest BCUT2D eigenvalue weighted by molar-refractivity contribution is -0.154. The molecule has 3 amide bonds. The SMILES string of the molecule is CO/N=C(\C(=O)N[C@@H]1C(=O)N2C(C(=O)OC(c3ccccc3)c3ccccc3)=C(COC(=O)N(C)C)CS[C@H]12)c1csc(NC(c2ccccc2)(c2ccccc2)c2ccccc2)n1. The normalized spacial score (nSPS) is 16.0. The van der Waals surface area contributed by atoms with Crippen LogP contribution in [-0.4, -0.2) is 89.4 Å². The number of amides is 3. The summed E-state index contributed by atoms with van der Waals surface area (Å²) in [5, 5.41) is 12.1. The number of aromatic nitrogens is 1. The van der Waals surface area contributed by atoms with Gasteiger partial charge in [0.05, 0.1) is 0 Å². The number of rotatable bonds is 15. The molecule has 0 aliphatic carbocycles. The van der Waals surface area contributed by atoms with E-state index in [1.54, 1.807) is 19.5 Å². The number of hydrogen-bond acceptors (Lipinski definition) is 12. The van der Waals surface area contributed by atoms with Crippen molar-refractivity contribution >= 4 is 57.8 Å². The highest BCUT2D eigenvalue weighted by atomic mass is 32.2. The Hall–Kier alpha value is -7.23. The average molecular weight is 893 g/mol. The van der Waals surface area contributed by atoms with Crippen LogP contribution in [0.4, 0.5) is 9.93 Å². The zero-order valence-electron chi connectivity index (χ0n) is 35.1. The van der Waals surface area contributed by atoms with Crippen LogP contribution in [0.2, 0.25) is 0 Å². The lowest BCUT2D eigenvalue weighted by atomic mass is 9.77. The molecule has 2 N–H and O–H groups in total. The number of esters is 1. The van der Waals surface area contributed by atoms with E-state index in [0.29, 0.717) is 10.7 Å². The molecule has 1 fully saturated rings. The van der Waals surface area contributed by atoms with Gasteiger partial charge in [0, 0.05) is 30.8 Å². The largest absolute Gasteiger partial charge is 0.448 e. The van der Waals surface area contributed by atoms with Crippen molar-refractivity contribution in [3.8, 4) is 0 Å². The van der Waals surface area contributed by atoms with Crippen LogP contribution >= 0.6 is 23.1 Å². The first kappa shape index (κ1) is 43.4. The van der Waals surface area contributed by atoms with Gasteiger partial charge in [0.25, 0.3) is 11.8 Å². The van der Waals surface area contributed by atoms with E-state index in [4.69, 9.17) is 19.3 Å². The summed E-state index contributed by atoms with van der Waals surface area (Å²) in [6.07, 6.45) is -1.42. The molecule has 0 spiro atoms.